The van der Waals surface area contributed by atoms with Crippen LogP contribution < -0.4 is 10.2 Å². The Morgan fingerprint density at radius 2 is 1.75 bits per heavy atom. The molecule has 126 valence electrons. The lowest BCUT2D eigenvalue weighted by Crippen LogP contribution is -2.54. The summed E-state index contributed by atoms with van der Waals surface area (Å²) in [6.45, 7) is 9.52. The largest absolute Gasteiger partial charge is 0.372 e. The SMILES string of the molecule is C=CCN1C(=O)NC(=O)/C(=C\c2ccc(N(CC)CC)cc2)C1=O. The number of amides is 4. The molecule has 1 aromatic carbocycles. The first-order chi connectivity index (χ1) is 11.5. The van der Waals surface area contributed by atoms with Gasteiger partial charge in [0.2, 0.25) is 0 Å². The zero-order valence-corrected chi connectivity index (χ0v) is 13.9. The number of imide groups is 2. The third-order valence-electron chi connectivity index (χ3n) is 3.83. The minimum atomic E-state index is -0.723. The van der Waals surface area contributed by atoms with Gasteiger partial charge in [0.05, 0.1) is 0 Å². The summed E-state index contributed by atoms with van der Waals surface area (Å²) in [6, 6.07) is 6.85. The minimum absolute atomic E-state index is 0.0518. The summed E-state index contributed by atoms with van der Waals surface area (Å²) in [5.41, 5.74) is 1.73. The second kappa shape index (κ2) is 7.59. The molecule has 4 amide bonds. The molecular weight excluding hydrogens is 306 g/mol. The van der Waals surface area contributed by atoms with Gasteiger partial charge in [-0.1, -0.05) is 18.2 Å². The van der Waals surface area contributed by atoms with Crippen LogP contribution >= 0.6 is 0 Å². The maximum atomic E-state index is 12.3. The van der Waals surface area contributed by atoms with Crippen LogP contribution in [0.25, 0.3) is 6.08 Å². The van der Waals surface area contributed by atoms with Crippen LogP contribution in [-0.4, -0.2) is 42.4 Å². The van der Waals surface area contributed by atoms with Crippen molar-refractivity contribution in [1.29, 1.82) is 0 Å². The standard InChI is InChI=1S/C18H21N3O3/c1-4-11-21-17(23)15(16(22)19-18(21)24)12-13-7-9-14(10-8-13)20(5-2)6-3/h4,7-10,12H,1,5-6,11H2,2-3H3,(H,19,22,24)/b15-12+. The van der Waals surface area contributed by atoms with Crippen molar-refractivity contribution in [3.05, 3.63) is 48.1 Å². The summed E-state index contributed by atoms with van der Waals surface area (Å²) >= 11 is 0. The molecule has 0 saturated carbocycles. The van der Waals surface area contributed by atoms with E-state index < -0.39 is 17.8 Å². The monoisotopic (exact) mass is 327 g/mol. The fourth-order valence-corrected chi connectivity index (χ4v) is 2.53. The number of urea groups is 1. The quantitative estimate of drug-likeness (QED) is 0.494. The second-order valence-corrected chi connectivity index (χ2v) is 5.29. The predicted molar refractivity (Wildman–Crippen MR) is 93.4 cm³/mol. The van der Waals surface area contributed by atoms with E-state index in [0.29, 0.717) is 0 Å². The van der Waals surface area contributed by atoms with Crippen molar-refractivity contribution >= 4 is 29.6 Å². The van der Waals surface area contributed by atoms with Gasteiger partial charge in [-0.15, -0.1) is 6.58 Å². The third kappa shape index (κ3) is 3.53. The van der Waals surface area contributed by atoms with E-state index in [1.54, 1.807) is 0 Å². The summed E-state index contributed by atoms with van der Waals surface area (Å²) in [7, 11) is 0. The molecule has 6 heteroatoms. The van der Waals surface area contributed by atoms with E-state index in [1.807, 2.05) is 24.3 Å². The third-order valence-corrected chi connectivity index (χ3v) is 3.83. The fraction of sp³-hybridized carbons (Fsp3) is 0.278. The summed E-state index contributed by atoms with van der Waals surface area (Å²) in [5.74, 6) is -1.30. The number of hydrogen-bond donors (Lipinski definition) is 1. The molecule has 0 unspecified atom stereocenters. The van der Waals surface area contributed by atoms with Crippen molar-refractivity contribution in [2.45, 2.75) is 13.8 Å². The first-order valence-corrected chi connectivity index (χ1v) is 7.86. The maximum Gasteiger partial charge on any atom is 0.331 e. The molecule has 1 aliphatic rings. The first kappa shape index (κ1) is 17.5. The highest BCUT2D eigenvalue weighted by molar-refractivity contribution is 6.31. The number of nitrogens with zero attached hydrogens (tertiary/aromatic N) is 2. The normalized spacial score (nSPS) is 16.3. The molecule has 0 radical (unpaired) electrons. The number of barbiturate groups is 1. The summed E-state index contributed by atoms with van der Waals surface area (Å²) < 4.78 is 0. The summed E-state index contributed by atoms with van der Waals surface area (Å²) in [5, 5.41) is 2.17. The van der Waals surface area contributed by atoms with E-state index in [4.69, 9.17) is 0 Å². The average Bonchev–Trinajstić information content (AvgIpc) is 2.58. The van der Waals surface area contributed by atoms with Crippen LogP contribution in [0.4, 0.5) is 10.5 Å². The van der Waals surface area contributed by atoms with Crippen LogP contribution in [0.3, 0.4) is 0 Å². The van der Waals surface area contributed by atoms with Gasteiger partial charge in [-0.3, -0.25) is 19.8 Å². The number of rotatable bonds is 6. The van der Waals surface area contributed by atoms with Crippen LogP contribution in [0.1, 0.15) is 19.4 Å². The topological polar surface area (TPSA) is 69.7 Å². The molecular formula is C18H21N3O3. The van der Waals surface area contributed by atoms with Crippen LogP contribution in [0, 0.1) is 0 Å². The molecule has 24 heavy (non-hydrogen) atoms. The zero-order valence-electron chi connectivity index (χ0n) is 13.9. The summed E-state index contributed by atoms with van der Waals surface area (Å²) in [4.78, 5) is 39.1. The van der Waals surface area contributed by atoms with Gasteiger partial charge in [0.15, 0.2) is 0 Å². The zero-order chi connectivity index (χ0) is 17.7. The lowest BCUT2D eigenvalue weighted by molar-refractivity contribution is -0.129. The van der Waals surface area contributed by atoms with Crippen LogP contribution in [0.2, 0.25) is 0 Å². The van der Waals surface area contributed by atoms with E-state index in [0.717, 1.165) is 29.2 Å². The smallest absolute Gasteiger partial charge is 0.331 e. The van der Waals surface area contributed by atoms with Gasteiger partial charge < -0.3 is 4.90 Å². The molecule has 0 bridgehead atoms. The van der Waals surface area contributed by atoms with Gasteiger partial charge in [-0.2, -0.15) is 0 Å². The Balaban J connectivity index is 2.28. The van der Waals surface area contributed by atoms with E-state index >= 15 is 0 Å². The van der Waals surface area contributed by atoms with E-state index in [9.17, 15) is 14.4 Å². The van der Waals surface area contributed by atoms with E-state index in [-0.39, 0.29) is 12.1 Å². The number of anilines is 1. The van der Waals surface area contributed by atoms with Crippen molar-refractivity contribution in [2.24, 2.45) is 0 Å². The molecule has 0 aliphatic carbocycles. The number of carbonyl (C=O) groups is 3. The Hall–Kier alpha value is -2.89. The Kier molecular flexibility index (Phi) is 5.52. The minimum Gasteiger partial charge on any atom is -0.372 e. The van der Waals surface area contributed by atoms with Gasteiger partial charge in [0.25, 0.3) is 11.8 Å². The van der Waals surface area contributed by atoms with Gasteiger partial charge in [0, 0.05) is 25.3 Å². The van der Waals surface area contributed by atoms with Crippen LogP contribution in [-0.2, 0) is 9.59 Å². The lowest BCUT2D eigenvalue weighted by atomic mass is 10.1. The van der Waals surface area contributed by atoms with Crippen molar-refractivity contribution in [3.63, 3.8) is 0 Å². The molecule has 0 spiro atoms. The Bertz CT molecular complexity index is 688. The van der Waals surface area contributed by atoms with Crippen molar-refractivity contribution in [2.75, 3.05) is 24.5 Å². The molecule has 0 aromatic heterocycles. The van der Waals surface area contributed by atoms with Crippen molar-refractivity contribution in [3.8, 4) is 0 Å². The number of carbonyl (C=O) groups excluding carboxylic acids is 3. The van der Waals surface area contributed by atoms with Gasteiger partial charge in [-0.25, -0.2) is 4.79 Å². The fourth-order valence-electron chi connectivity index (χ4n) is 2.53. The lowest BCUT2D eigenvalue weighted by Gasteiger charge is -2.25. The summed E-state index contributed by atoms with van der Waals surface area (Å²) in [6.07, 6.45) is 2.93. The average molecular weight is 327 g/mol. The number of benzene rings is 1. The number of hydrogen-bond acceptors (Lipinski definition) is 4. The molecule has 1 N–H and O–H groups in total. The van der Waals surface area contributed by atoms with Crippen LogP contribution in [0.15, 0.2) is 42.5 Å². The van der Waals surface area contributed by atoms with E-state index in [1.165, 1.54) is 12.2 Å². The molecule has 1 heterocycles. The van der Waals surface area contributed by atoms with Crippen LogP contribution in [0.5, 0.6) is 0 Å². The number of nitrogens with one attached hydrogen (secondary N) is 1. The highest BCUT2D eigenvalue weighted by Gasteiger charge is 2.34. The maximum absolute atomic E-state index is 12.3. The molecule has 1 fully saturated rings. The van der Waals surface area contributed by atoms with Gasteiger partial charge in [0.1, 0.15) is 5.57 Å². The highest BCUT2D eigenvalue weighted by Crippen LogP contribution is 2.18. The second-order valence-electron chi connectivity index (χ2n) is 5.29. The van der Waals surface area contributed by atoms with Crippen molar-refractivity contribution < 1.29 is 14.4 Å². The predicted octanol–water partition coefficient (Wildman–Crippen LogP) is 2.18. The molecule has 0 atom stereocenters. The Morgan fingerprint density at radius 1 is 1.12 bits per heavy atom. The molecule has 6 nitrogen and oxygen atoms in total. The molecule has 1 saturated heterocycles. The molecule has 1 aromatic rings. The first-order valence-electron chi connectivity index (χ1n) is 7.86. The molecule has 2 rings (SSSR count). The van der Waals surface area contributed by atoms with E-state index in [2.05, 4.69) is 30.6 Å². The van der Waals surface area contributed by atoms with Gasteiger partial charge in [-0.05, 0) is 37.6 Å². The Labute approximate surface area is 141 Å². The highest BCUT2D eigenvalue weighted by atomic mass is 16.2. The Morgan fingerprint density at radius 3 is 2.29 bits per heavy atom. The van der Waals surface area contributed by atoms with Gasteiger partial charge >= 0.3 is 6.03 Å². The molecule has 1 aliphatic heterocycles. The van der Waals surface area contributed by atoms with Crippen molar-refractivity contribution in [1.82, 2.24) is 10.2 Å².